The van der Waals surface area contributed by atoms with Crippen LogP contribution in [0.4, 0.5) is 0 Å². The van der Waals surface area contributed by atoms with Crippen LogP contribution in [0.5, 0.6) is 23.0 Å². The van der Waals surface area contributed by atoms with E-state index in [1.807, 2.05) is 0 Å². The maximum atomic E-state index is 12.4. The standard InChI is InChI=1S/C16H8O8/c1-20-11-7(17)2-5-9-10-6(16(19)23-13(9)11)3-8-12(22-4-21-8)14(10)24-15(5)18/h2-3,17H,4H2,1H3. The Morgan fingerprint density at radius 3 is 2.42 bits per heavy atom. The number of fused-ring (bicyclic) bond motifs is 2. The van der Waals surface area contributed by atoms with Gasteiger partial charge in [0.15, 0.2) is 22.7 Å². The lowest BCUT2D eigenvalue weighted by Crippen LogP contribution is -2.07. The van der Waals surface area contributed by atoms with Gasteiger partial charge >= 0.3 is 11.3 Å². The highest BCUT2D eigenvalue weighted by atomic mass is 16.7. The molecule has 5 rings (SSSR count). The molecule has 120 valence electrons. The Bertz CT molecular complexity index is 1250. The maximum absolute atomic E-state index is 12.4. The van der Waals surface area contributed by atoms with Crippen LogP contribution in [0.3, 0.4) is 0 Å². The third-order valence-corrected chi connectivity index (χ3v) is 4.12. The molecule has 0 spiro atoms. The highest BCUT2D eigenvalue weighted by molar-refractivity contribution is 6.22. The van der Waals surface area contributed by atoms with E-state index in [4.69, 9.17) is 23.0 Å². The minimum absolute atomic E-state index is 0.0261. The monoisotopic (exact) mass is 328 g/mol. The summed E-state index contributed by atoms with van der Waals surface area (Å²) in [5, 5.41) is 11.0. The lowest BCUT2D eigenvalue weighted by molar-refractivity contribution is 0.174. The first-order valence-corrected chi connectivity index (χ1v) is 6.95. The Labute approximate surface area is 131 Å². The quantitative estimate of drug-likeness (QED) is 0.417. The molecule has 2 aromatic heterocycles. The Morgan fingerprint density at radius 1 is 1.00 bits per heavy atom. The zero-order chi connectivity index (χ0) is 16.6. The van der Waals surface area contributed by atoms with E-state index in [1.165, 1.54) is 19.2 Å². The van der Waals surface area contributed by atoms with Gasteiger partial charge in [-0.1, -0.05) is 0 Å². The molecule has 0 radical (unpaired) electrons. The van der Waals surface area contributed by atoms with Crippen LogP contribution < -0.4 is 25.5 Å². The van der Waals surface area contributed by atoms with Crippen LogP contribution in [-0.2, 0) is 0 Å². The van der Waals surface area contributed by atoms with Gasteiger partial charge in [0, 0.05) is 10.8 Å². The number of phenols is 1. The molecule has 0 atom stereocenters. The van der Waals surface area contributed by atoms with Gasteiger partial charge in [0.25, 0.3) is 0 Å². The van der Waals surface area contributed by atoms with Crippen LogP contribution in [0.1, 0.15) is 0 Å². The number of hydrogen-bond acceptors (Lipinski definition) is 8. The summed E-state index contributed by atoms with van der Waals surface area (Å²) >= 11 is 0. The molecule has 0 fully saturated rings. The van der Waals surface area contributed by atoms with Crippen molar-refractivity contribution < 1.29 is 28.2 Å². The fourth-order valence-corrected chi connectivity index (χ4v) is 3.14. The van der Waals surface area contributed by atoms with Crippen molar-refractivity contribution in [1.29, 1.82) is 0 Å². The molecule has 0 saturated carbocycles. The van der Waals surface area contributed by atoms with Gasteiger partial charge in [-0.3, -0.25) is 0 Å². The number of aromatic hydroxyl groups is 1. The van der Waals surface area contributed by atoms with Crippen molar-refractivity contribution in [2.75, 3.05) is 13.9 Å². The van der Waals surface area contributed by atoms with Gasteiger partial charge in [-0.25, -0.2) is 9.59 Å². The summed E-state index contributed by atoms with van der Waals surface area (Å²) in [5.74, 6) is 0.182. The van der Waals surface area contributed by atoms with Crippen LogP contribution in [0, 0.1) is 0 Å². The number of benzene rings is 2. The number of rotatable bonds is 1. The molecule has 0 amide bonds. The fraction of sp³-hybridized carbons (Fsp3) is 0.125. The van der Waals surface area contributed by atoms with Crippen LogP contribution >= 0.6 is 0 Å². The topological polar surface area (TPSA) is 108 Å². The summed E-state index contributed by atoms with van der Waals surface area (Å²) in [4.78, 5) is 24.8. The summed E-state index contributed by atoms with van der Waals surface area (Å²) in [7, 11) is 1.32. The van der Waals surface area contributed by atoms with E-state index in [-0.39, 0.29) is 46.0 Å². The number of hydrogen-bond donors (Lipinski definition) is 1. The second-order valence-corrected chi connectivity index (χ2v) is 5.32. The Balaban J connectivity index is 2.21. The van der Waals surface area contributed by atoms with Crippen molar-refractivity contribution >= 4 is 32.7 Å². The van der Waals surface area contributed by atoms with Gasteiger partial charge in [-0.2, -0.15) is 0 Å². The molecule has 24 heavy (non-hydrogen) atoms. The zero-order valence-corrected chi connectivity index (χ0v) is 12.2. The number of ether oxygens (including phenoxy) is 3. The third kappa shape index (κ3) is 1.38. The van der Waals surface area contributed by atoms with Gasteiger partial charge in [-0.15, -0.1) is 0 Å². The average Bonchev–Trinajstić information content (AvgIpc) is 3.02. The highest BCUT2D eigenvalue weighted by Crippen LogP contribution is 2.46. The molecule has 0 unspecified atom stereocenters. The van der Waals surface area contributed by atoms with Crippen molar-refractivity contribution in [3.8, 4) is 23.0 Å². The number of methoxy groups -OCH3 is 1. The Kier molecular flexibility index (Phi) is 2.23. The van der Waals surface area contributed by atoms with Gasteiger partial charge < -0.3 is 28.2 Å². The Hall–Kier alpha value is -3.42. The van der Waals surface area contributed by atoms with Gasteiger partial charge in [-0.05, 0) is 12.1 Å². The lowest BCUT2D eigenvalue weighted by atomic mass is 10.0. The number of phenolic OH excluding ortho intramolecular Hbond substituents is 1. The maximum Gasteiger partial charge on any atom is 0.344 e. The molecule has 1 N–H and O–H groups in total. The summed E-state index contributed by atoms with van der Waals surface area (Å²) in [6.45, 7) is -0.0452. The minimum Gasteiger partial charge on any atom is -0.504 e. The molecule has 0 bridgehead atoms. The summed E-state index contributed by atoms with van der Waals surface area (Å²) < 4.78 is 26.4. The molecule has 0 saturated heterocycles. The minimum atomic E-state index is -0.704. The molecule has 4 aromatic rings. The average molecular weight is 328 g/mol. The van der Waals surface area contributed by atoms with E-state index in [1.54, 1.807) is 0 Å². The lowest BCUT2D eigenvalue weighted by Gasteiger charge is -2.12. The largest absolute Gasteiger partial charge is 0.504 e. The van der Waals surface area contributed by atoms with Crippen LogP contribution in [0.15, 0.2) is 30.6 Å². The van der Waals surface area contributed by atoms with Crippen molar-refractivity contribution in [2.24, 2.45) is 0 Å². The molecule has 2 aromatic carbocycles. The molecular formula is C16H8O8. The Morgan fingerprint density at radius 2 is 1.67 bits per heavy atom. The fourth-order valence-electron chi connectivity index (χ4n) is 3.14. The van der Waals surface area contributed by atoms with E-state index in [0.717, 1.165) is 0 Å². The van der Waals surface area contributed by atoms with E-state index in [0.29, 0.717) is 16.5 Å². The molecule has 8 heteroatoms. The SMILES string of the molecule is COc1c(O)cc2c(=O)oc3c4c(cc5c(=O)oc1c2c35)OCO4. The first-order chi connectivity index (χ1) is 11.6. The van der Waals surface area contributed by atoms with Gasteiger partial charge in [0.05, 0.1) is 17.9 Å². The van der Waals surface area contributed by atoms with Crippen LogP contribution in [0.25, 0.3) is 32.7 Å². The van der Waals surface area contributed by atoms with E-state index in [2.05, 4.69) is 0 Å². The highest BCUT2D eigenvalue weighted by Gasteiger charge is 2.28. The molecule has 3 heterocycles. The molecule has 0 aliphatic carbocycles. The summed E-state index contributed by atoms with van der Waals surface area (Å²) in [6.07, 6.45) is 0. The van der Waals surface area contributed by atoms with E-state index < -0.39 is 11.3 Å². The summed E-state index contributed by atoms with van der Waals surface area (Å²) in [5.41, 5.74) is -1.31. The van der Waals surface area contributed by atoms with Crippen LogP contribution in [-0.4, -0.2) is 19.0 Å². The molecule has 1 aliphatic heterocycles. The summed E-state index contributed by atoms with van der Waals surface area (Å²) in [6, 6.07) is 2.70. The first kappa shape index (κ1) is 13.1. The van der Waals surface area contributed by atoms with Crippen molar-refractivity contribution in [1.82, 2.24) is 0 Å². The normalized spacial score (nSPS) is 13.4. The van der Waals surface area contributed by atoms with Gasteiger partial charge in [0.1, 0.15) is 0 Å². The van der Waals surface area contributed by atoms with Gasteiger partial charge in [0.2, 0.25) is 18.3 Å². The smallest absolute Gasteiger partial charge is 0.344 e. The predicted molar refractivity (Wildman–Crippen MR) is 81.6 cm³/mol. The zero-order valence-electron chi connectivity index (χ0n) is 12.2. The van der Waals surface area contributed by atoms with E-state index >= 15 is 0 Å². The first-order valence-electron chi connectivity index (χ1n) is 6.95. The second-order valence-electron chi connectivity index (χ2n) is 5.32. The van der Waals surface area contributed by atoms with Crippen molar-refractivity contribution in [2.45, 2.75) is 0 Å². The predicted octanol–water partition coefficient (Wildman–Crippen LogP) is 1.93. The second kappa shape index (κ2) is 4.10. The molecule has 8 nitrogen and oxygen atoms in total. The molecular weight excluding hydrogens is 320 g/mol. The van der Waals surface area contributed by atoms with E-state index in [9.17, 15) is 14.7 Å². The van der Waals surface area contributed by atoms with Crippen molar-refractivity contribution in [3.05, 3.63) is 33.0 Å². The van der Waals surface area contributed by atoms with Crippen LogP contribution in [0.2, 0.25) is 0 Å². The third-order valence-electron chi connectivity index (χ3n) is 4.12. The van der Waals surface area contributed by atoms with Crippen molar-refractivity contribution in [3.63, 3.8) is 0 Å². The molecule has 1 aliphatic rings.